The third-order valence-electron chi connectivity index (χ3n) is 3.61. The molecule has 0 bridgehead atoms. The van der Waals surface area contributed by atoms with Gasteiger partial charge in [0.25, 0.3) is 0 Å². The van der Waals surface area contributed by atoms with E-state index in [2.05, 4.69) is 29.4 Å². The molecule has 0 spiro atoms. The second-order valence-electron chi connectivity index (χ2n) is 6.15. The highest BCUT2D eigenvalue weighted by Crippen LogP contribution is 2.30. The van der Waals surface area contributed by atoms with Crippen molar-refractivity contribution in [1.82, 2.24) is 15.1 Å². The minimum atomic E-state index is -0.0935. The van der Waals surface area contributed by atoms with Crippen LogP contribution in [0.15, 0.2) is 4.34 Å². The molecule has 2 rings (SSSR count). The van der Waals surface area contributed by atoms with E-state index in [-0.39, 0.29) is 11.2 Å². The zero-order valence-electron chi connectivity index (χ0n) is 13.7. The molecule has 1 atom stereocenters. The lowest BCUT2D eigenvalue weighted by Gasteiger charge is -2.23. The fourth-order valence-electron chi connectivity index (χ4n) is 2.37. The molecule has 1 aromatic rings. The van der Waals surface area contributed by atoms with Crippen molar-refractivity contribution in [2.45, 2.75) is 56.0 Å². The Balaban J connectivity index is 1.85. The Morgan fingerprint density at radius 2 is 1.91 bits per heavy atom. The van der Waals surface area contributed by atoms with E-state index < -0.39 is 0 Å². The van der Waals surface area contributed by atoms with Crippen molar-refractivity contribution in [3.63, 3.8) is 0 Å². The number of hydrogen-bond acceptors (Lipinski definition) is 6. The number of anilines is 1. The van der Waals surface area contributed by atoms with Gasteiger partial charge in [-0.2, -0.15) is 0 Å². The third-order valence-corrected chi connectivity index (χ3v) is 5.66. The molecule has 1 aliphatic heterocycles. The molecule has 0 radical (unpaired) electrons. The summed E-state index contributed by atoms with van der Waals surface area (Å²) in [4.78, 5) is 14.5. The van der Waals surface area contributed by atoms with Crippen LogP contribution in [0.25, 0.3) is 0 Å². The number of carbonyl (C=O) groups excluding carboxylic acids is 1. The summed E-state index contributed by atoms with van der Waals surface area (Å²) < 4.78 is 0.863. The number of amides is 1. The van der Waals surface area contributed by atoms with Crippen LogP contribution in [0.5, 0.6) is 0 Å². The maximum Gasteiger partial charge on any atom is 0.235 e. The molecule has 0 saturated carbocycles. The number of nitrogens with zero attached hydrogens (tertiary/aromatic N) is 3. The van der Waals surface area contributed by atoms with Crippen molar-refractivity contribution in [2.24, 2.45) is 5.92 Å². The van der Waals surface area contributed by atoms with Crippen molar-refractivity contribution in [3.8, 4) is 0 Å². The van der Waals surface area contributed by atoms with Crippen LogP contribution < -0.4 is 5.32 Å². The van der Waals surface area contributed by atoms with Gasteiger partial charge in [-0.1, -0.05) is 49.8 Å². The molecule has 1 amide bonds. The Bertz CT molecular complexity index is 470. The number of hydrogen-bond donors (Lipinski definition) is 1. The van der Waals surface area contributed by atoms with Gasteiger partial charge in [-0.25, -0.2) is 0 Å². The van der Waals surface area contributed by atoms with Crippen molar-refractivity contribution < 1.29 is 4.79 Å². The first kappa shape index (κ1) is 17.5. The summed E-state index contributed by atoms with van der Waals surface area (Å²) >= 11 is 3.05. The number of rotatable bonds is 6. The highest BCUT2D eigenvalue weighted by Gasteiger charge is 2.23. The van der Waals surface area contributed by atoms with E-state index in [9.17, 15) is 4.79 Å². The van der Waals surface area contributed by atoms with Crippen LogP contribution >= 0.6 is 23.1 Å². The van der Waals surface area contributed by atoms with E-state index in [1.165, 1.54) is 35.9 Å². The Hall–Kier alpha value is -0.820. The summed E-state index contributed by atoms with van der Waals surface area (Å²) in [6.07, 6.45) is 4.75. The molecular formula is C15H26N4OS2. The molecule has 0 aromatic carbocycles. The summed E-state index contributed by atoms with van der Waals surface area (Å²) in [5, 5.41) is 12.3. The molecular weight excluding hydrogens is 316 g/mol. The second-order valence-corrected chi connectivity index (χ2v) is 8.71. The summed E-state index contributed by atoms with van der Waals surface area (Å²) in [6.45, 7) is 8.99. The van der Waals surface area contributed by atoms with E-state index >= 15 is 0 Å². The first-order chi connectivity index (χ1) is 10.6. The van der Waals surface area contributed by atoms with Gasteiger partial charge in [-0.3, -0.25) is 4.79 Å². The molecule has 124 valence electrons. The average Bonchev–Trinajstić information content (AvgIpc) is 2.75. The van der Waals surface area contributed by atoms with E-state index in [1.54, 1.807) is 0 Å². The van der Waals surface area contributed by atoms with Gasteiger partial charge < -0.3 is 10.2 Å². The molecule has 7 heteroatoms. The first-order valence-corrected chi connectivity index (χ1v) is 9.78. The van der Waals surface area contributed by atoms with Gasteiger partial charge in [0.15, 0.2) is 4.34 Å². The Morgan fingerprint density at radius 1 is 1.23 bits per heavy atom. The van der Waals surface area contributed by atoms with Crippen LogP contribution in [0.3, 0.4) is 0 Å². The quantitative estimate of drug-likeness (QED) is 0.802. The topological polar surface area (TPSA) is 58.1 Å². The molecule has 1 saturated heterocycles. The number of nitrogens with one attached hydrogen (secondary N) is 1. The van der Waals surface area contributed by atoms with Crippen LogP contribution in [-0.4, -0.2) is 45.9 Å². The van der Waals surface area contributed by atoms with Gasteiger partial charge in [0.2, 0.25) is 11.0 Å². The maximum absolute atomic E-state index is 12.5. The monoisotopic (exact) mass is 342 g/mol. The Labute approximate surface area is 141 Å². The van der Waals surface area contributed by atoms with Crippen molar-refractivity contribution in [2.75, 3.05) is 25.0 Å². The lowest BCUT2D eigenvalue weighted by Crippen LogP contribution is -2.37. The van der Waals surface area contributed by atoms with Gasteiger partial charge in [-0.05, 0) is 25.7 Å². The zero-order chi connectivity index (χ0) is 15.9. The van der Waals surface area contributed by atoms with Gasteiger partial charge >= 0.3 is 0 Å². The van der Waals surface area contributed by atoms with Gasteiger partial charge in [-0.15, -0.1) is 10.2 Å². The summed E-state index contributed by atoms with van der Waals surface area (Å²) in [5.41, 5.74) is 0. The maximum atomic E-state index is 12.5. The fraction of sp³-hybridized carbons (Fsp3) is 0.800. The minimum absolute atomic E-state index is 0.0935. The minimum Gasteiger partial charge on any atom is -0.360 e. The van der Waals surface area contributed by atoms with Crippen LogP contribution in [0, 0.1) is 5.92 Å². The number of carbonyl (C=O) groups is 1. The van der Waals surface area contributed by atoms with Crippen molar-refractivity contribution >= 4 is 34.1 Å². The normalized spacial score (nSPS) is 17.4. The van der Waals surface area contributed by atoms with Crippen LogP contribution in [0.2, 0.25) is 0 Å². The predicted molar refractivity (Wildman–Crippen MR) is 93.6 cm³/mol. The lowest BCUT2D eigenvalue weighted by atomic mass is 10.2. The predicted octanol–water partition coefficient (Wildman–Crippen LogP) is 3.49. The van der Waals surface area contributed by atoms with Crippen molar-refractivity contribution in [1.29, 1.82) is 0 Å². The Kier molecular flexibility index (Phi) is 6.95. The Morgan fingerprint density at radius 3 is 2.55 bits per heavy atom. The number of aromatic nitrogens is 2. The highest BCUT2D eigenvalue weighted by molar-refractivity contribution is 8.02. The number of likely N-dealkylation sites (tertiary alicyclic amines) is 1. The molecule has 2 heterocycles. The molecule has 22 heavy (non-hydrogen) atoms. The molecule has 1 aromatic heterocycles. The third kappa shape index (κ3) is 5.43. The van der Waals surface area contributed by atoms with Crippen LogP contribution in [-0.2, 0) is 4.79 Å². The van der Waals surface area contributed by atoms with Gasteiger partial charge in [0.05, 0.1) is 5.25 Å². The zero-order valence-corrected chi connectivity index (χ0v) is 15.3. The SMILES string of the molecule is CC(C)CNc1nnc(SC(C)C(=O)N2CCCCCC2)s1. The smallest absolute Gasteiger partial charge is 0.235 e. The van der Waals surface area contributed by atoms with E-state index in [1.807, 2.05) is 11.8 Å². The molecule has 1 fully saturated rings. The van der Waals surface area contributed by atoms with E-state index in [4.69, 9.17) is 0 Å². The summed E-state index contributed by atoms with van der Waals surface area (Å²) in [7, 11) is 0. The fourth-order valence-corrected chi connectivity index (χ4v) is 4.36. The summed E-state index contributed by atoms with van der Waals surface area (Å²) in [5.74, 6) is 0.808. The van der Waals surface area contributed by atoms with Crippen LogP contribution in [0.4, 0.5) is 5.13 Å². The highest BCUT2D eigenvalue weighted by atomic mass is 32.2. The van der Waals surface area contributed by atoms with Crippen LogP contribution in [0.1, 0.15) is 46.5 Å². The van der Waals surface area contributed by atoms with Gasteiger partial charge in [0.1, 0.15) is 0 Å². The molecule has 1 N–H and O–H groups in total. The molecule has 1 unspecified atom stereocenters. The molecule has 5 nitrogen and oxygen atoms in total. The first-order valence-electron chi connectivity index (χ1n) is 8.09. The standard InChI is InChI=1S/C15H26N4OS2/c1-11(2)10-16-14-17-18-15(22-14)21-12(3)13(20)19-8-6-4-5-7-9-19/h11-12H,4-10H2,1-3H3,(H,16,17). The second kappa shape index (κ2) is 8.72. The largest absolute Gasteiger partial charge is 0.360 e. The summed E-state index contributed by atoms with van der Waals surface area (Å²) in [6, 6.07) is 0. The average molecular weight is 343 g/mol. The van der Waals surface area contributed by atoms with Crippen molar-refractivity contribution in [3.05, 3.63) is 0 Å². The molecule has 1 aliphatic rings. The van der Waals surface area contributed by atoms with E-state index in [0.29, 0.717) is 5.92 Å². The van der Waals surface area contributed by atoms with Gasteiger partial charge in [0, 0.05) is 19.6 Å². The van der Waals surface area contributed by atoms with E-state index in [0.717, 1.165) is 41.9 Å². The lowest BCUT2D eigenvalue weighted by molar-refractivity contribution is -0.130. The number of thioether (sulfide) groups is 1. The molecule has 0 aliphatic carbocycles.